The van der Waals surface area contributed by atoms with Crippen LogP contribution >= 0.6 is 11.6 Å². The highest BCUT2D eigenvalue weighted by molar-refractivity contribution is 6.30. The lowest BCUT2D eigenvalue weighted by atomic mass is 10.1. The minimum Gasteiger partial charge on any atom is -0.368 e. The zero-order valence-corrected chi connectivity index (χ0v) is 17.1. The van der Waals surface area contributed by atoms with Gasteiger partial charge in [0.15, 0.2) is 0 Å². The molecule has 0 N–H and O–H groups in total. The first-order chi connectivity index (χ1) is 14.1. The molecular weight excluding hydrogens is 384 g/mol. The first-order valence-electron chi connectivity index (χ1n) is 9.65. The van der Waals surface area contributed by atoms with E-state index in [2.05, 4.69) is 20.9 Å². The van der Waals surface area contributed by atoms with Crippen molar-refractivity contribution in [3.63, 3.8) is 0 Å². The Balaban J connectivity index is 1.39. The van der Waals surface area contributed by atoms with Crippen LogP contribution in [0.4, 0.5) is 17.1 Å². The number of aromatic nitrogens is 1. The molecule has 4 rings (SSSR count). The predicted octanol–water partition coefficient (Wildman–Crippen LogP) is 4.47. The molecule has 0 radical (unpaired) electrons. The van der Waals surface area contributed by atoms with E-state index in [0.717, 1.165) is 35.2 Å². The number of rotatable bonds is 4. The third-order valence-electron chi connectivity index (χ3n) is 5.29. The lowest BCUT2D eigenvalue weighted by Gasteiger charge is -2.36. The quantitative estimate of drug-likeness (QED) is 0.641. The summed E-state index contributed by atoms with van der Waals surface area (Å²) in [5.41, 5.74) is 3.90. The minimum absolute atomic E-state index is 0.0776. The Morgan fingerprint density at radius 1 is 0.931 bits per heavy atom. The van der Waals surface area contributed by atoms with Crippen LogP contribution in [-0.4, -0.2) is 49.0 Å². The number of halogens is 1. The van der Waals surface area contributed by atoms with Crippen molar-refractivity contribution in [3.8, 4) is 0 Å². The molecule has 0 aliphatic carbocycles. The van der Waals surface area contributed by atoms with E-state index in [1.165, 1.54) is 0 Å². The number of benzene rings is 2. The number of amides is 1. The molecule has 2 aromatic carbocycles. The van der Waals surface area contributed by atoms with Gasteiger partial charge in [0.2, 0.25) is 0 Å². The molecule has 1 aliphatic heterocycles. The number of pyridine rings is 1. The Morgan fingerprint density at radius 2 is 1.59 bits per heavy atom. The topological polar surface area (TPSA) is 39.7 Å². The molecule has 29 heavy (non-hydrogen) atoms. The monoisotopic (exact) mass is 406 g/mol. The number of hydrogen-bond donors (Lipinski definition) is 0. The average molecular weight is 407 g/mol. The molecule has 5 nitrogen and oxygen atoms in total. The van der Waals surface area contributed by atoms with E-state index >= 15 is 0 Å². The minimum atomic E-state index is 0.0776. The summed E-state index contributed by atoms with van der Waals surface area (Å²) in [6.07, 6.45) is 3.54. The third kappa shape index (κ3) is 4.35. The van der Waals surface area contributed by atoms with E-state index in [9.17, 15) is 4.79 Å². The van der Waals surface area contributed by atoms with Crippen LogP contribution in [0.3, 0.4) is 0 Å². The average Bonchev–Trinajstić information content (AvgIpc) is 2.79. The standard InChI is InChI=1S/C23H23ClN4O/c1-26(21-9-11-25-12-10-21)20-7-5-18(6-8-20)23(29)28-15-13-27(14-16-28)22-4-2-3-19(24)17-22/h2-12,17H,13-16H2,1H3. The highest BCUT2D eigenvalue weighted by atomic mass is 35.5. The van der Waals surface area contributed by atoms with Gasteiger partial charge in [0, 0.05) is 73.3 Å². The maximum atomic E-state index is 12.9. The van der Waals surface area contributed by atoms with Crippen molar-refractivity contribution in [2.45, 2.75) is 0 Å². The van der Waals surface area contributed by atoms with Gasteiger partial charge in [-0.2, -0.15) is 0 Å². The molecule has 1 amide bonds. The summed E-state index contributed by atoms with van der Waals surface area (Å²) in [5.74, 6) is 0.0776. The lowest BCUT2D eigenvalue weighted by molar-refractivity contribution is 0.0747. The van der Waals surface area contributed by atoms with E-state index in [0.29, 0.717) is 18.7 Å². The van der Waals surface area contributed by atoms with E-state index in [4.69, 9.17) is 11.6 Å². The van der Waals surface area contributed by atoms with E-state index in [1.54, 1.807) is 12.4 Å². The zero-order valence-electron chi connectivity index (χ0n) is 16.3. The van der Waals surface area contributed by atoms with Gasteiger partial charge in [0.05, 0.1) is 0 Å². The molecular formula is C23H23ClN4O. The predicted molar refractivity (Wildman–Crippen MR) is 118 cm³/mol. The van der Waals surface area contributed by atoms with Crippen molar-refractivity contribution in [2.24, 2.45) is 0 Å². The zero-order chi connectivity index (χ0) is 20.2. The molecule has 0 spiro atoms. The molecule has 1 saturated heterocycles. The number of carbonyl (C=O) groups is 1. The van der Waals surface area contributed by atoms with Crippen molar-refractivity contribution in [3.05, 3.63) is 83.6 Å². The third-order valence-corrected chi connectivity index (χ3v) is 5.53. The smallest absolute Gasteiger partial charge is 0.253 e. The molecule has 1 fully saturated rings. The Hall–Kier alpha value is -3.05. The summed E-state index contributed by atoms with van der Waals surface area (Å²) >= 11 is 6.10. The van der Waals surface area contributed by atoms with Crippen LogP contribution in [0.5, 0.6) is 0 Å². The highest BCUT2D eigenvalue weighted by Crippen LogP contribution is 2.24. The summed E-state index contributed by atoms with van der Waals surface area (Å²) in [4.78, 5) is 23.2. The molecule has 1 aromatic heterocycles. The van der Waals surface area contributed by atoms with E-state index in [-0.39, 0.29) is 5.91 Å². The maximum absolute atomic E-state index is 12.9. The van der Waals surface area contributed by atoms with Crippen LogP contribution in [0.2, 0.25) is 5.02 Å². The Labute approximate surface area is 176 Å². The summed E-state index contributed by atoms with van der Waals surface area (Å²) in [5, 5.41) is 0.734. The Morgan fingerprint density at radius 3 is 2.24 bits per heavy atom. The highest BCUT2D eigenvalue weighted by Gasteiger charge is 2.22. The summed E-state index contributed by atoms with van der Waals surface area (Å²) in [6.45, 7) is 3.00. The maximum Gasteiger partial charge on any atom is 0.253 e. The van der Waals surface area contributed by atoms with Crippen LogP contribution in [0, 0.1) is 0 Å². The number of hydrogen-bond acceptors (Lipinski definition) is 4. The molecule has 0 saturated carbocycles. The van der Waals surface area contributed by atoms with Crippen molar-refractivity contribution < 1.29 is 4.79 Å². The fourth-order valence-electron chi connectivity index (χ4n) is 3.57. The first kappa shape index (κ1) is 19.3. The lowest BCUT2D eigenvalue weighted by Crippen LogP contribution is -2.48. The van der Waals surface area contributed by atoms with Gasteiger partial charge < -0.3 is 14.7 Å². The second-order valence-corrected chi connectivity index (χ2v) is 7.51. The van der Waals surface area contributed by atoms with Gasteiger partial charge >= 0.3 is 0 Å². The van der Waals surface area contributed by atoms with Crippen molar-refractivity contribution in [2.75, 3.05) is 43.0 Å². The summed E-state index contributed by atoms with van der Waals surface area (Å²) in [7, 11) is 2.00. The van der Waals surface area contributed by atoms with Gasteiger partial charge in [0.1, 0.15) is 0 Å². The number of nitrogens with zero attached hydrogens (tertiary/aromatic N) is 4. The van der Waals surface area contributed by atoms with Gasteiger partial charge in [-0.3, -0.25) is 9.78 Å². The molecule has 6 heteroatoms. The molecule has 148 valence electrons. The fraction of sp³-hybridized carbons (Fsp3) is 0.217. The Kier molecular flexibility index (Phi) is 5.67. The van der Waals surface area contributed by atoms with Gasteiger partial charge in [-0.1, -0.05) is 17.7 Å². The van der Waals surface area contributed by atoms with Gasteiger partial charge in [-0.05, 0) is 54.6 Å². The first-order valence-corrected chi connectivity index (χ1v) is 10.0. The molecule has 0 atom stereocenters. The van der Waals surface area contributed by atoms with Crippen LogP contribution in [0.25, 0.3) is 0 Å². The normalized spacial score (nSPS) is 14.0. The number of carbonyl (C=O) groups excluding carboxylic acids is 1. The van der Waals surface area contributed by atoms with E-state index < -0.39 is 0 Å². The SMILES string of the molecule is CN(c1ccncc1)c1ccc(C(=O)N2CCN(c3cccc(Cl)c3)CC2)cc1. The van der Waals surface area contributed by atoms with Crippen LogP contribution in [-0.2, 0) is 0 Å². The number of piperazine rings is 1. The summed E-state index contributed by atoms with van der Waals surface area (Å²) in [6, 6.07) is 19.5. The van der Waals surface area contributed by atoms with Crippen molar-refractivity contribution in [1.82, 2.24) is 9.88 Å². The summed E-state index contributed by atoms with van der Waals surface area (Å²) < 4.78 is 0. The Bertz CT molecular complexity index is 970. The molecule has 3 aromatic rings. The van der Waals surface area contributed by atoms with Crippen molar-refractivity contribution >= 4 is 34.6 Å². The van der Waals surface area contributed by atoms with Gasteiger partial charge in [-0.25, -0.2) is 0 Å². The fourth-order valence-corrected chi connectivity index (χ4v) is 3.75. The van der Waals surface area contributed by atoms with Crippen LogP contribution in [0.15, 0.2) is 73.1 Å². The largest absolute Gasteiger partial charge is 0.368 e. The van der Waals surface area contributed by atoms with Crippen LogP contribution in [0.1, 0.15) is 10.4 Å². The van der Waals surface area contributed by atoms with Gasteiger partial charge in [-0.15, -0.1) is 0 Å². The molecule has 0 bridgehead atoms. The van der Waals surface area contributed by atoms with E-state index in [1.807, 2.05) is 66.5 Å². The molecule has 0 unspecified atom stereocenters. The van der Waals surface area contributed by atoms with Gasteiger partial charge in [0.25, 0.3) is 5.91 Å². The van der Waals surface area contributed by atoms with Crippen molar-refractivity contribution in [1.29, 1.82) is 0 Å². The number of anilines is 3. The second kappa shape index (κ2) is 8.53. The molecule has 2 heterocycles. The van der Waals surface area contributed by atoms with Crippen LogP contribution < -0.4 is 9.80 Å². The second-order valence-electron chi connectivity index (χ2n) is 7.07. The molecule has 1 aliphatic rings.